The van der Waals surface area contributed by atoms with Gasteiger partial charge >= 0.3 is 5.97 Å². The third-order valence-corrected chi connectivity index (χ3v) is 4.40. The summed E-state index contributed by atoms with van der Waals surface area (Å²) in [4.78, 5) is 24.3. The fraction of sp³-hybridized carbons (Fsp3) is 0.222. The fourth-order valence-corrected chi connectivity index (χ4v) is 2.61. The highest BCUT2D eigenvalue weighted by molar-refractivity contribution is 6.42. The molecule has 0 aliphatic rings. The molecule has 0 spiro atoms. The summed E-state index contributed by atoms with van der Waals surface area (Å²) in [5, 5.41) is 3.80. The van der Waals surface area contributed by atoms with Gasteiger partial charge in [-0.2, -0.15) is 0 Å². The number of hydrogen-bond acceptors (Lipinski definition) is 4. The third-order valence-electron chi connectivity index (χ3n) is 3.43. The normalized spacial score (nSPS) is 11.6. The van der Waals surface area contributed by atoms with E-state index in [1.807, 2.05) is 0 Å². The second-order valence-corrected chi connectivity index (χ2v) is 6.64. The maximum atomic E-state index is 12.3. The summed E-state index contributed by atoms with van der Waals surface area (Å²) in [7, 11) is 1.47. The molecule has 0 heterocycles. The second kappa shape index (κ2) is 9.12. The Kier molecular flexibility index (Phi) is 7.14. The van der Waals surface area contributed by atoms with Crippen molar-refractivity contribution in [2.45, 2.75) is 19.4 Å². The number of benzene rings is 2. The van der Waals surface area contributed by atoms with E-state index in [2.05, 4.69) is 5.32 Å². The van der Waals surface area contributed by atoms with Gasteiger partial charge in [0.25, 0.3) is 5.91 Å². The standard InChI is InChI=1S/C18H16Cl3NO4/c1-10(18(24)22-15-9-12(19)4-6-16(15)25-2)26-17(23)8-11-3-5-13(20)14(21)7-11/h3-7,9-10H,8H2,1-2H3,(H,22,24). The van der Waals surface area contributed by atoms with E-state index >= 15 is 0 Å². The number of carbonyl (C=O) groups excluding carboxylic acids is 2. The Morgan fingerprint density at radius 3 is 2.46 bits per heavy atom. The van der Waals surface area contributed by atoms with Crippen molar-refractivity contribution < 1.29 is 19.1 Å². The van der Waals surface area contributed by atoms with Crippen LogP contribution in [-0.4, -0.2) is 25.1 Å². The van der Waals surface area contributed by atoms with Gasteiger partial charge in [-0.3, -0.25) is 9.59 Å². The number of methoxy groups -OCH3 is 1. The van der Waals surface area contributed by atoms with Crippen LogP contribution in [0.4, 0.5) is 5.69 Å². The first-order valence-corrected chi connectivity index (χ1v) is 8.71. The van der Waals surface area contributed by atoms with Crippen LogP contribution in [0.25, 0.3) is 0 Å². The molecule has 2 rings (SSSR count). The summed E-state index contributed by atoms with van der Waals surface area (Å²) in [5.74, 6) is -0.630. The Hall–Kier alpha value is -1.95. The molecular weight excluding hydrogens is 401 g/mol. The van der Waals surface area contributed by atoms with Crippen LogP contribution in [0, 0.1) is 0 Å². The highest BCUT2D eigenvalue weighted by Crippen LogP contribution is 2.28. The van der Waals surface area contributed by atoms with Crippen LogP contribution < -0.4 is 10.1 Å². The highest BCUT2D eigenvalue weighted by Gasteiger charge is 2.20. The molecule has 2 aromatic carbocycles. The van der Waals surface area contributed by atoms with Crippen molar-refractivity contribution >= 4 is 52.4 Å². The number of ether oxygens (including phenoxy) is 2. The van der Waals surface area contributed by atoms with E-state index in [9.17, 15) is 9.59 Å². The SMILES string of the molecule is COc1ccc(Cl)cc1NC(=O)C(C)OC(=O)Cc1ccc(Cl)c(Cl)c1. The minimum Gasteiger partial charge on any atom is -0.495 e. The van der Waals surface area contributed by atoms with Crippen LogP contribution in [0.3, 0.4) is 0 Å². The van der Waals surface area contributed by atoms with Gasteiger partial charge in [0.15, 0.2) is 6.10 Å². The summed E-state index contributed by atoms with van der Waals surface area (Å²) in [6, 6.07) is 9.63. The van der Waals surface area contributed by atoms with Gasteiger partial charge < -0.3 is 14.8 Å². The van der Waals surface area contributed by atoms with Crippen LogP contribution >= 0.6 is 34.8 Å². The first-order valence-electron chi connectivity index (χ1n) is 7.58. The lowest BCUT2D eigenvalue weighted by molar-refractivity contribution is -0.152. The van der Waals surface area contributed by atoms with Crippen LogP contribution in [0.15, 0.2) is 36.4 Å². The summed E-state index contributed by atoms with van der Waals surface area (Å²) in [6.45, 7) is 1.47. The van der Waals surface area contributed by atoms with Gasteiger partial charge in [-0.25, -0.2) is 0 Å². The zero-order valence-electron chi connectivity index (χ0n) is 14.0. The molecule has 0 radical (unpaired) electrons. The van der Waals surface area contributed by atoms with Crippen molar-refractivity contribution in [2.24, 2.45) is 0 Å². The molecule has 0 aliphatic heterocycles. The monoisotopic (exact) mass is 415 g/mol. The van der Waals surface area contributed by atoms with E-state index < -0.39 is 18.0 Å². The van der Waals surface area contributed by atoms with Crippen LogP contribution in [0.5, 0.6) is 5.75 Å². The lowest BCUT2D eigenvalue weighted by Crippen LogP contribution is -2.30. The van der Waals surface area contributed by atoms with Crippen molar-refractivity contribution in [3.63, 3.8) is 0 Å². The summed E-state index contributed by atoms with van der Waals surface area (Å²) >= 11 is 17.7. The lowest BCUT2D eigenvalue weighted by Gasteiger charge is -2.15. The average Bonchev–Trinajstić information content (AvgIpc) is 2.58. The molecule has 0 saturated carbocycles. The number of halogens is 3. The van der Waals surface area contributed by atoms with Crippen molar-refractivity contribution in [3.8, 4) is 5.75 Å². The maximum Gasteiger partial charge on any atom is 0.311 e. The number of esters is 1. The first kappa shape index (κ1) is 20.4. The van der Waals surface area contributed by atoms with Gasteiger partial charge in [-0.05, 0) is 42.8 Å². The van der Waals surface area contributed by atoms with Crippen LogP contribution in [0.2, 0.25) is 15.1 Å². The predicted octanol–water partition coefficient (Wildman–Crippen LogP) is 4.77. The smallest absolute Gasteiger partial charge is 0.311 e. The number of amides is 1. The summed E-state index contributed by atoms with van der Waals surface area (Å²) < 4.78 is 10.3. The van der Waals surface area contributed by atoms with E-state index in [-0.39, 0.29) is 6.42 Å². The fourth-order valence-electron chi connectivity index (χ4n) is 2.12. The van der Waals surface area contributed by atoms with Crippen molar-refractivity contribution in [2.75, 3.05) is 12.4 Å². The highest BCUT2D eigenvalue weighted by atomic mass is 35.5. The number of hydrogen-bond donors (Lipinski definition) is 1. The Labute approximate surface area is 166 Å². The van der Waals surface area contributed by atoms with Crippen molar-refractivity contribution in [3.05, 3.63) is 57.0 Å². The van der Waals surface area contributed by atoms with Gasteiger partial charge in [-0.1, -0.05) is 40.9 Å². The molecule has 0 bridgehead atoms. The van der Waals surface area contributed by atoms with E-state index in [4.69, 9.17) is 44.3 Å². The molecule has 1 unspecified atom stereocenters. The Bertz CT molecular complexity index is 826. The van der Waals surface area contributed by atoms with Gasteiger partial charge in [0.05, 0.1) is 29.3 Å². The predicted molar refractivity (Wildman–Crippen MR) is 102 cm³/mol. The van der Waals surface area contributed by atoms with E-state index in [1.165, 1.54) is 14.0 Å². The maximum absolute atomic E-state index is 12.3. The second-order valence-electron chi connectivity index (χ2n) is 5.39. The molecule has 0 saturated heterocycles. The van der Waals surface area contributed by atoms with E-state index in [0.29, 0.717) is 32.1 Å². The number of carbonyl (C=O) groups is 2. The minimum atomic E-state index is -1.01. The molecule has 0 aliphatic carbocycles. The van der Waals surface area contributed by atoms with E-state index in [1.54, 1.807) is 36.4 Å². The molecule has 138 valence electrons. The minimum absolute atomic E-state index is 0.0327. The topological polar surface area (TPSA) is 64.6 Å². The molecule has 0 fully saturated rings. The number of anilines is 1. The van der Waals surface area contributed by atoms with Crippen molar-refractivity contribution in [1.29, 1.82) is 0 Å². The zero-order valence-corrected chi connectivity index (χ0v) is 16.3. The van der Waals surface area contributed by atoms with Gasteiger partial charge in [0.2, 0.25) is 0 Å². The zero-order chi connectivity index (χ0) is 19.3. The Balaban J connectivity index is 1.97. The van der Waals surface area contributed by atoms with Crippen LogP contribution in [-0.2, 0) is 20.7 Å². The number of rotatable bonds is 6. The molecule has 8 heteroatoms. The van der Waals surface area contributed by atoms with Crippen LogP contribution in [0.1, 0.15) is 12.5 Å². The molecule has 2 aromatic rings. The van der Waals surface area contributed by atoms with Gasteiger partial charge in [-0.15, -0.1) is 0 Å². The van der Waals surface area contributed by atoms with Crippen molar-refractivity contribution in [1.82, 2.24) is 0 Å². The molecule has 0 aromatic heterocycles. The summed E-state index contributed by atoms with van der Waals surface area (Å²) in [6.07, 6.45) is -1.04. The molecule has 5 nitrogen and oxygen atoms in total. The molecule has 1 N–H and O–H groups in total. The van der Waals surface area contributed by atoms with E-state index in [0.717, 1.165) is 0 Å². The first-order chi connectivity index (χ1) is 12.3. The number of nitrogens with one attached hydrogen (secondary N) is 1. The molecular formula is C18H16Cl3NO4. The lowest BCUT2D eigenvalue weighted by atomic mass is 10.1. The molecule has 1 amide bonds. The summed E-state index contributed by atoms with van der Waals surface area (Å²) in [5.41, 5.74) is 1.02. The molecule has 1 atom stereocenters. The molecule has 26 heavy (non-hydrogen) atoms. The third kappa shape index (κ3) is 5.53. The Morgan fingerprint density at radius 1 is 1.08 bits per heavy atom. The van der Waals surface area contributed by atoms with Gasteiger partial charge in [0, 0.05) is 5.02 Å². The van der Waals surface area contributed by atoms with Gasteiger partial charge in [0.1, 0.15) is 5.75 Å². The quantitative estimate of drug-likeness (QED) is 0.689. The Morgan fingerprint density at radius 2 is 1.81 bits per heavy atom. The largest absolute Gasteiger partial charge is 0.495 e. The average molecular weight is 417 g/mol.